The molecule has 106 valence electrons. The highest BCUT2D eigenvalue weighted by molar-refractivity contribution is 4.92. The van der Waals surface area contributed by atoms with Crippen LogP contribution in [-0.2, 0) is 0 Å². The van der Waals surface area contributed by atoms with Crippen LogP contribution in [0.3, 0.4) is 0 Å². The first-order chi connectivity index (χ1) is 8.78. The summed E-state index contributed by atoms with van der Waals surface area (Å²) in [6.07, 6.45) is 13.2. The molecule has 5 atom stereocenters. The summed E-state index contributed by atoms with van der Waals surface area (Å²) in [6, 6.07) is 0.783. The van der Waals surface area contributed by atoms with Gasteiger partial charge in [0.2, 0.25) is 0 Å². The van der Waals surface area contributed by atoms with E-state index in [0.717, 1.165) is 29.7 Å². The average molecular weight is 251 g/mol. The lowest BCUT2D eigenvalue weighted by molar-refractivity contribution is 0.230. The Morgan fingerprint density at radius 2 is 2.00 bits per heavy atom. The van der Waals surface area contributed by atoms with Gasteiger partial charge in [0.15, 0.2) is 0 Å². The van der Waals surface area contributed by atoms with Crippen molar-refractivity contribution in [3.8, 4) is 0 Å². The fourth-order valence-electron chi connectivity index (χ4n) is 4.69. The van der Waals surface area contributed by atoms with Crippen LogP contribution in [-0.4, -0.2) is 13.1 Å². The predicted octanol–water partition coefficient (Wildman–Crippen LogP) is 4.62. The van der Waals surface area contributed by atoms with E-state index >= 15 is 0 Å². The third kappa shape index (κ3) is 3.29. The van der Waals surface area contributed by atoms with E-state index in [4.69, 9.17) is 0 Å². The predicted molar refractivity (Wildman–Crippen MR) is 79.7 cm³/mol. The zero-order chi connectivity index (χ0) is 13.0. The Labute approximate surface area is 114 Å². The lowest BCUT2D eigenvalue weighted by Gasteiger charge is -2.31. The Bertz CT molecular complexity index is 238. The molecule has 0 aromatic rings. The summed E-state index contributed by atoms with van der Waals surface area (Å²) >= 11 is 0. The zero-order valence-corrected chi connectivity index (χ0v) is 12.8. The summed E-state index contributed by atoms with van der Waals surface area (Å²) < 4.78 is 0. The van der Waals surface area contributed by atoms with Crippen LogP contribution in [0, 0.1) is 23.7 Å². The molecule has 2 saturated carbocycles. The molecule has 2 fully saturated rings. The molecule has 1 nitrogen and oxygen atoms in total. The first-order valence-corrected chi connectivity index (χ1v) is 8.45. The minimum absolute atomic E-state index is 0.783. The van der Waals surface area contributed by atoms with Gasteiger partial charge in [-0.25, -0.2) is 0 Å². The Hall–Kier alpha value is -0.0400. The summed E-state index contributed by atoms with van der Waals surface area (Å²) in [6.45, 7) is 4.70. The molecular weight excluding hydrogens is 218 g/mol. The summed E-state index contributed by atoms with van der Waals surface area (Å²) in [5.74, 6) is 4.16. The van der Waals surface area contributed by atoms with Crippen LogP contribution in [0.5, 0.6) is 0 Å². The van der Waals surface area contributed by atoms with Crippen molar-refractivity contribution in [1.29, 1.82) is 0 Å². The largest absolute Gasteiger partial charge is 0.317 e. The lowest BCUT2D eigenvalue weighted by atomic mass is 9.79. The van der Waals surface area contributed by atoms with Crippen LogP contribution < -0.4 is 5.32 Å². The second-order valence-electron chi connectivity index (χ2n) is 6.88. The smallest absolute Gasteiger partial charge is 0.00949 e. The molecule has 1 N–H and O–H groups in total. The van der Waals surface area contributed by atoms with Gasteiger partial charge in [-0.1, -0.05) is 39.5 Å². The molecule has 0 aromatic carbocycles. The number of fused-ring (bicyclic) bond motifs is 2. The fourth-order valence-corrected chi connectivity index (χ4v) is 4.69. The Balaban J connectivity index is 1.83. The van der Waals surface area contributed by atoms with Crippen molar-refractivity contribution >= 4 is 0 Å². The molecule has 0 amide bonds. The van der Waals surface area contributed by atoms with Gasteiger partial charge in [0.25, 0.3) is 0 Å². The van der Waals surface area contributed by atoms with Crippen molar-refractivity contribution in [3.63, 3.8) is 0 Å². The first-order valence-electron chi connectivity index (χ1n) is 8.45. The average Bonchev–Trinajstić information content (AvgIpc) is 3.00. The van der Waals surface area contributed by atoms with Crippen molar-refractivity contribution in [3.05, 3.63) is 0 Å². The van der Waals surface area contributed by atoms with Crippen molar-refractivity contribution in [2.45, 2.75) is 77.7 Å². The highest BCUT2D eigenvalue weighted by Crippen LogP contribution is 2.50. The number of unbranched alkanes of at least 4 members (excludes halogenated alkanes) is 1. The minimum Gasteiger partial charge on any atom is -0.317 e. The molecule has 0 heterocycles. The molecule has 0 spiro atoms. The number of nitrogens with one attached hydrogen (secondary N) is 1. The molecule has 1 heteroatoms. The van der Waals surface area contributed by atoms with Crippen molar-refractivity contribution in [2.75, 3.05) is 7.05 Å². The van der Waals surface area contributed by atoms with Crippen LogP contribution in [0.25, 0.3) is 0 Å². The molecule has 0 saturated heterocycles. The molecule has 0 aromatic heterocycles. The third-order valence-corrected chi connectivity index (χ3v) is 5.83. The van der Waals surface area contributed by atoms with Gasteiger partial charge in [0, 0.05) is 6.04 Å². The van der Waals surface area contributed by atoms with Gasteiger partial charge in [-0.2, -0.15) is 0 Å². The van der Waals surface area contributed by atoms with E-state index in [2.05, 4.69) is 26.2 Å². The fraction of sp³-hybridized carbons (Fsp3) is 1.00. The Morgan fingerprint density at radius 3 is 2.50 bits per heavy atom. The van der Waals surface area contributed by atoms with Crippen LogP contribution in [0.1, 0.15) is 71.6 Å². The van der Waals surface area contributed by atoms with Crippen LogP contribution >= 0.6 is 0 Å². The maximum Gasteiger partial charge on any atom is 0.00949 e. The molecule has 0 aliphatic heterocycles. The summed E-state index contributed by atoms with van der Waals surface area (Å²) in [7, 11) is 2.19. The maximum absolute atomic E-state index is 3.65. The van der Waals surface area contributed by atoms with E-state index in [0.29, 0.717) is 0 Å². The second-order valence-corrected chi connectivity index (χ2v) is 6.88. The lowest BCUT2D eigenvalue weighted by Crippen LogP contribution is -2.36. The molecule has 5 unspecified atom stereocenters. The van der Waals surface area contributed by atoms with Gasteiger partial charge in [-0.05, 0) is 62.8 Å². The monoisotopic (exact) mass is 251 g/mol. The highest BCUT2D eigenvalue weighted by atomic mass is 14.9. The second kappa shape index (κ2) is 6.93. The van der Waals surface area contributed by atoms with Crippen molar-refractivity contribution < 1.29 is 0 Å². The first kappa shape index (κ1) is 14.4. The van der Waals surface area contributed by atoms with Gasteiger partial charge in [0.05, 0.1) is 0 Å². The van der Waals surface area contributed by atoms with Crippen LogP contribution in [0.4, 0.5) is 0 Å². The maximum atomic E-state index is 3.65. The third-order valence-electron chi connectivity index (χ3n) is 5.83. The standard InChI is InChI=1S/C17H33N/c1-4-6-7-14(5-2)17(18-3)12-16-11-13-8-9-15(16)10-13/h13-18H,4-12H2,1-3H3. The van der Waals surface area contributed by atoms with Gasteiger partial charge < -0.3 is 5.32 Å². The summed E-state index contributed by atoms with van der Waals surface area (Å²) in [5, 5.41) is 3.65. The molecule has 2 aliphatic carbocycles. The zero-order valence-electron chi connectivity index (χ0n) is 12.8. The number of rotatable bonds is 8. The Morgan fingerprint density at radius 1 is 1.17 bits per heavy atom. The Kier molecular flexibility index (Phi) is 5.54. The molecule has 2 rings (SSSR count). The topological polar surface area (TPSA) is 12.0 Å². The van der Waals surface area contributed by atoms with E-state index in [-0.39, 0.29) is 0 Å². The highest BCUT2D eigenvalue weighted by Gasteiger charge is 2.40. The van der Waals surface area contributed by atoms with E-state index in [1.54, 1.807) is 19.3 Å². The summed E-state index contributed by atoms with van der Waals surface area (Å²) in [4.78, 5) is 0. The van der Waals surface area contributed by atoms with Gasteiger partial charge >= 0.3 is 0 Å². The number of hydrogen-bond acceptors (Lipinski definition) is 1. The van der Waals surface area contributed by atoms with Crippen LogP contribution in [0.2, 0.25) is 0 Å². The normalized spacial score (nSPS) is 33.8. The van der Waals surface area contributed by atoms with Gasteiger partial charge in [0.1, 0.15) is 0 Å². The van der Waals surface area contributed by atoms with Gasteiger partial charge in [-0.3, -0.25) is 0 Å². The molecule has 0 radical (unpaired) electrons. The summed E-state index contributed by atoms with van der Waals surface area (Å²) in [5.41, 5.74) is 0. The molecule has 2 aliphatic rings. The molecular formula is C17H33N. The van der Waals surface area contributed by atoms with E-state index in [9.17, 15) is 0 Å². The quantitative estimate of drug-likeness (QED) is 0.664. The minimum atomic E-state index is 0.783. The molecule has 2 bridgehead atoms. The van der Waals surface area contributed by atoms with Crippen molar-refractivity contribution in [2.24, 2.45) is 23.7 Å². The van der Waals surface area contributed by atoms with E-state index in [1.807, 2.05) is 0 Å². The van der Waals surface area contributed by atoms with Crippen molar-refractivity contribution in [1.82, 2.24) is 5.32 Å². The van der Waals surface area contributed by atoms with E-state index in [1.165, 1.54) is 38.5 Å². The van der Waals surface area contributed by atoms with Gasteiger partial charge in [-0.15, -0.1) is 0 Å². The number of hydrogen-bond donors (Lipinski definition) is 1. The SMILES string of the molecule is CCCCC(CC)C(CC1CC2CCC1C2)NC. The van der Waals surface area contributed by atoms with Crippen LogP contribution in [0.15, 0.2) is 0 Å². The molecule has 18 heavy (non-hydrogen) atoms. The van der Waals surface area contributed by atoms with E-state index < -0.39 is 0 Å².